The van der Waals surface area contributed by atoms with E-state index in [4.69, 9.17) is 6.42 Å². The minimum Gasteiger partial charge on any atom is -0.383 e. The van der Waals surface area contributed by atoms with Crippen LogP contribution in [-0.2, 0) is 0 Å². The monoisotopic (exact) mass is 241 g/mol. The molecular formula is C10H9BrFN. The predicted molar refractivity (Wildman–Crippen MR) is 56.0 cm³/mol. The molecule has 0 aliphatic rings. The van der Waals surface area contributed by atoms with Crippen molar-refractivity contribution < 1.29 is 4.39 Å². The lowest BCUT2D eigenvalue weighted by Crippen LogP contribution is -2.01. The lowest BCUT2D eigenvalue weighted by atomic mass is 10.3. The van der Waals surface area contributed by atoms with E-state index in [2.05, 4.69) is 27.2 Å². The number of benzene rings is 1. The van der Waals surface area contributed by atoms with Crippen LogP contribution in [0.5, 0.6) is 0 Å². The molecule has 0 saturated heterocycles. The van der Waals surface area contributed by atoms with Crippen LogP contribution in [0, 0.1) is 18.2 Å². The molecule has 1 aromatic rings. The van der Waals surface area contributed by atoms with Crippen LogP contribution < -0.4 is 5.32 Å². The lowest BCUT2D eigenvalue weighted by Gasteiger charge is -2.06. The van der Waals surface area contributed by atoms with E-state index in [1.54, 1.807) is 6.07 Å². The Morgan fingerprint density at radius 2 is 2.31 bits per heavy atom. The van der Waals surface area contributed by atoms with Crippen LogP contribution >= 0.6 is 15.9 Å². The molecule has 1 rings (SSSR count). The number of hydrogen-bond acceptors (Lipinski definition) is 1. The second-order valence-electron chi connectivity index (χ2n) is 2.51. The Morgan fingerprint density at radius 1 is 1.54 bits per heavy atom. The van der Waals surface area contributed by atoms with Crippen LogP contribution in [0.1, 0.15) is 6.42 Å². The molecule has 0 atom stereocenters. The summed E-state index contributed by atoms with van der Waals surface area (Å²) in [7, 11) is 0. The highest BCUT2D eigenvalue weighted by Gasteiger charge is 1.99. The molecular weight excluding hydrogens is 233 g/mol. The zero-order chi connectivity index (χ0) is 9.68. The van der Waals surface area contributed by atoms with Crippen LogP contribution in [0.25, 0.3) is 0 Å². The van der Waals surface area contributed by atoms with E-state index in [1.165, 1.54) is 12.1 Å². The molecule has 3 heteroatoms. The maximum Gasteiger partial charge on any atom is 0.125 e. The molecule has 0 amide bonds. The van der Waals surface area contributed by atoms with Gasteiger partial charge in [0, 0.05) is 17.4 Å². The summed E-state index contributed by atoms with van der Waals surface area (Å²) in [6, 6.07) is 4.49. The SMILES string of the molecule is C#CCCNc1cc(F)ccc1Br. The first-order valence-corrected chi connectivity index (χ1v) is 4.65. The average Bonchev–Trinajstić information content (AvgIpc) is 2.11. The van der Waals surface area contributed by atoms with Crippen molar-refractivity contribution in [1.82, 2.24) is 0 Å². The summed E-state index contributed by atoms with van der Waals surface area (Å²) in [6.07, 6.45) is 5.71. The largest absolute Gasteiger partial charge is 0.383 e. The van der Waals surface area contributed by atoms with Gasteiger partial charge < -0.3 is 5.32 Å². The summed E-state index contributed by atoms with van der Waals surface area (Å²) >= 11 is 3.30. The highest BCUT2D eigenvalue weighted by molar-refractivity contribution is 9.10. The molecule has 1 aromatic carbocycles. The van der Waals surface area contributed by atoms with E-state index < -0.39 is 0 Å². The number of halogens is 2. The van der Waals surface area contributed by atoms with E-state index in [-0.39, 0.29) is 5.82 Å². The predicted octanol–water partition coefficient (Wildman–Crippen LogP) is 3.02. The van der Waals surface area contributed by atoms with Crippen LogP contribution in [-0.4, -0.2) is 6.54 Å². The lowest BCUT2D eigenvalue weighted by molar-refractivity contribution is 0.628. The fraction of sp³-hybridized carbons (Fsp3) is 0.200. The highest BCUT2D eigenvalue weighted by atomic mass is 79.9. The molecule has 0 aromatic heterocycles. The summed E-state index contributed by atoms with van der Waals surface area (Å²) in [4.78, 5) is 0. The number of nitrogens with one attached hydrogen (secondary N) is 1. The summed E-state index contributed by atoms with van der Waals surface area (Å²) in [5.74, 6) is 2.24. The van der Waals surface area contributed by atoms with Gasteiger partial charge in [0.05, 0.1) is 5.69 Å². The van der Waals surface area contributed by atoms with E-state index in [0.29, 0.717) is 13.0 Å². The van der Waals surface area contributed by atoms with E-state index >= 15 is 0 Å². The minimum absolute atomic E-state index is 0.258. The fourth-order valence-electron chi connectivity index (χ4n) is 0.902. The zero-order valence-electron chi connectivity index (χ0n) is 6.98. The molecule has 0 aliphatic heterocycles. The van der Waals surface area contributed by atoms with E-state index in [0.717, 1.165) is 10.2 Å². The van der Waals surface area contributed by atoms with Gasteiger partial charge in [0.15, 0.2) is 0 Å². The maximum absolute atomic E-state index is 12.8. The Morgan fingerprint density at radius 3 is 3.00 bits per heavy atom. The van der Waals surface area contributed by atoms with Crippen molar-refractivity contribution in [3.63, 3.8) is 0 Å². The molecule has 0 saturated carbocycles. The fourth-order valence-corrected chi connectivity index (χ4v) is 1.29. The molecule has 0 unspecified atom stereocenters. The maximum atomic E-state index is 12.8. The Hall–Kier alpha value is -1.01. The van der Waals surface area contributed by atoms with Gasteiger partial charge in [0.1, 0.15) is 5.82 Å². The second-order valence-corrected chi connectivity index (χ2v) is 3.36. The van der Waals surface area contributed by atoms with Gasteiger partial charge in [-0.25, -0.2) is 4.39 Å². The van der Waals surface area contributed by atoms with Crippen LogP contribution in [0.3, 0.4) is 0 Å². The van der Waals surface area contributed by atoms with Crippen molar-refractivity contribution in [3.8, 4) is 12.3 Å². The molecule has 13 heavy (non-hydrogen) atoms. The van der Waals surface area contributed by atoms with Crippen molar-refractivity contribution in [2.24, 2.45) is 0 Å². The second kappa shape index (κ2) is 4.88. The normalized spacial score (nSPS) is 9.31. The van der Waals surface area contributed by atoms with Gasteiger partial charge in [-0.2, -0.15) is 0 Å². The Kier molecular flexibility index (Phi) is 3.78. The minimum atomic E-state index is -0.258. The molecule has 1 nitrogen and oxygen atoms in total. The third-order valence-corrected chi connectivity index (χ3v) is 2.20. The van der Waals surface area contributed by atoms with Gasteiger partial charge in [-0.3, -0.25) is 0 Å². The van der Waals surface area contributed by atoms with Gasteiger partial charge in [-0.05, 0) is 34.1 Å². The topological polar surface area (TPSA) is 12.0 Å². The summed E-state index contributed by atoms with van der Waals surface area (Å²) in [6.45, 7) is 0.651. The van der Waals surface area contributed by atoms with Crippen molar-refractivity contribution in [3.05, 3.63) is 28.5 Å². The molecule has 0 radical (unpaired) electrons. The summed E-state index contributed by atoms with van der Waals surface area (Å²) in [5, 5.41) is 3.03. The van der Waals surface area contributed by atoms with Crippen LogP contribution in [0.15, 0.2) is 22.7 Å². The van der Waals surface area contributed by atoms with Gasteiger partial charge in [-0.1, -0.05) is 0 Å². The van der Waals surface area contributed by atoms with Crippen LogP contribution in [0.4, 0.5) is 10.1 Å². The van der Waals surface area contributed by atoms with Gasteiger partial charge in [-0.15, -0.1) is 12.3 Å². The third kappa shape index (κ3) is 3.08. The van der Waals surface area contributed by atoms with Gasteiger partial charge in [0.2, 0.25) is 0 Å². The first-order valence-electron chi connectivity index (χ1n) is 3.86. The molecule has 0 bridgehead atoms. The Balaban J connectivity index is 2.65. The Labute approximate surface area is 85.5 Å². The number of hydrogen-bond donors (Lipinski definition) is 1. The van der Waals surface area contributed by atoms with Crippen molar-refractivity contribution in [1.29, 1.82) is 0 Å². The molecule has 0 heterocycles. The summed E-state index contributed by atoms with van der Waals surface area (Å²) < 4.78 is 13.6. The highest BCUT2D eigenvalue weighted by Crippen LogP contribution is 2.22. The van der Waals surface area contributed by atoms with E-state index in [9.17, 15) is 4.39 Å². The zero-order valence-corrected chi connectivity index (χ0v) is 8.57. The number of rotatable bonds is 3. The number of anilines is 1. The first-order chi connectivity index (χ1) is 6.24. The van der Waals surface area contributed by atoms with Crippen LogP contribution in [0.2, 0.25) is 0 Å². The smallest absolute Gasteiger partial charge is 0.125 e. The van der Waals surface area contributed by atoms with E-state index in [1.807, 2.05) is 0 Å². The third-order valence-electron chi connectivity index (χ3n) is 1.51. The standard InChI is InChI=1S/C10H9BrFN/c1-2-3-6-13-10-7-8(12)4-5-9(10)11/h1,4-5,7,13H,3,6H2. The summed E-state index contributed by atoms with van der Waals surface area (Å²) in [5.41, 5.74) is 0.732. The van der Waals surface area contributed by atoms with Gasteiger partial charge >= 0.3 is 0 Å². The molecule has 0 spiro atoms. The van der Waals surface area contributed by atoms with Crippen molar-refractivity contribution in [2.75, 3.05) is 11.9 Å². The van der Waals surface area contributed by atoms with Crippen molar-refractivity contribution in [2.45, 2.75) is 6.42 Å². The molecule has 0 fully saturated rings. The molecule has 0 aliphatic carbocycles. The molecule has 68 valence electrons. The van der Waals surface area contributed by atoms with Crippen molar-refractivity contribution >= 4 is 21.6 Å². The first kappa shape index (κ1) is 10.1. The number of terminal acetylenes is 1. The van der Waals surface area contributed by atoms with Gasteiger partial charge in [0.25, 0.3) is 0 Å². The average molecular weight is 242 g/mol. The molecule has 1 N–H and O–H groups in total. The quantitative estimate of drug-likeness (QED) is 0.634. The Bertz CT molecular complexity index is 330.